The highest BCUT2D eigenvalue weighted by atomic mass is 19.1. The van der Waals surface area contributed by atoms with Crippen molar-refractivity contribution in [1.29, 1.82) is 0 Å². The smallest absolute Gasteiger partial charge is 0.319 e. The molecule has 6 fully saturated rings. The van der Waals surface area contributed by atoms with Crippen LogP contribution >= 0.6 is 0 Å². The maximum atomic E-state index is 16.6. The summed E-state index contributed by atoms with van der Waals surface area (Å²) in [5, 5.41) is 34.0. The first-order chi connectivity index (χ1) is 41.9. The molecule has 0 aliphatic carbocycles. The number of amides is 2. The number of nitrogens with zero attached hydrogens (tertiary/aromatic N) is 9. The number of aromatic nitrogens is 6. The van der Waals surface area contributed by atoms with Crippen molar-refractivity contribution in [2.45, 2.75) is 88.3 Å². The minimum absolute atomic E-state index is 0.000423. The van der Waals surface area contributed by atoms with Gasteiger partial charge in [0.2, 0.25) is 5.91 Å². The van der Waals surface area contributed by atoms with Crippen molar-refractivity contribution in [3.05, 3.63) is 126 Å². The molecule has 6 saturated heterocycles. The highest BCUT2D eigenvalue weighted by molar-refractivity contribution is 6.02. The molecule has 18 nitrogen and oxygen atoms in total. The van der Waals surface area contributed by atoms with Gasteiger partial charge in [-0.25, -0.2) is 8.78 Å². The Bertz CT molecular complexity index is 4220. The Morgan fingerprint density at radius 2 is 1.13 bits per heavy atom. The Hall–Kier alpha value is -8.88. The van der Waals surface area contributed by atoms with Crippen LogP contribution in [0.5, 0.6) is 23.5 Å². The summed E-state index contributed by atoms with van der Waals surface area (Å²) in [7, 11) is 0. The lowest BCUT2D eigenvalue weighted by atomic mass is 9.77. The second kappa shape index (κ2) is 21.3. The van der Waals surface area contributed by atoms with Crippen molar-refractivity contribution in [3.63, 3.8) is 0 Å². The predicted octanol–water partition coefficient (Wildman–Crippen LogP) is 10.5. The first-order valence-electron chi connectivity index (χ1n) is 30.0. The van der Waals surface area contributed by atoms with Crippen LogP contribution in [0.2, 0.25) is 0 Å². The van der Waals surface area contributed by atoms with E-state index in [-0.39, 0.29) is 74.2 Å². The van der Waals surface area contributed by atoms with Crippen LogP contribution in [-0.4, -0.2) is 132 Å². The number of carbonyl (C=O) groups is 2. The lowest BCUT2D eigenvalue weighted by Crippen LogP contribution is -2.43. The molecule has 11 heterocycles. The zero-order valence-corrected chi connectivity index (χ0v) is 47.5. The molecule has 9 aromatic rings. The maximum Gasteiger partial charge on any atom is 0.319 e. The van der Waals surface area contributed by atoms with Gasteiger partial charge in [-0.1, -0.05) is 54.6 Å². The van der Waals surface area contributed by atoms with Gasteiger partial charge in [0.1, 0.15) is 58.8 Å². The molecule has 5 N–H and O–H groups in total. The van der Waals surface area contributed by atoms with Crippen LogP contribution in [0.25, 0.3) is 65.9 Å². The highest BCUT2D eigenvalue weighted by Crippen LogP contribution is 2.45. The number of anilines is 3. The van der Waals surface area contributed by atoms with Crippen LogP contribution in [-0.2, 0) is 11.3 Å². The number of aromatic hydroxyl groups is 2. The number of carbonyl (C=O) groups excluding carboxylic acids is 2. The Morgan fingerprint density at radius 3 is 1.70 bits per heavy atom. The van der Waals surface area contributed by atoms with Gasteiger partial charge in [-0.15, -0.1) is 0 Å². The summed E-state index contributed by atoms with van der Waals surface area (Å²) in [5.41, 5.74) is 3.42. The van der Waals surface area contributed by atoms with Gasteiger partial charge >= 0.3 is 12.0 Å². The van der Waals surface area contributed by atoms with Crippen LogP contribution in [0.15, 0.2) is 103 Å². The number of fused-ring (bicyclic) bond motifs is 7. The molecule has 0 saturated carbocycles. The molecule has 7 aliphatic heterocycles. The molecule has 0 radical (unpaired) electrons. The molecule has 16 rings (SSSR count). The van der Waals surface area contributed by atoms with Gasteiger partial charge in [0.15, 0.2) is 11.6 Å². The lowest BCUT2D eigenvalue weighted by molar-refractivity contribution is -0.119. The second-order valence-electron chi connectivity index (χ2n) is 24.5. The van der Waals surface area contributed by atoms with E-state index in [9.17, 15) is 19.8 Å². The number of ether oxygens (including phenoxy) is 2. The number of phenolic OH excluding ortho intramolecular Hbond substituents is 2. The summed E-state index contributed by atoms with van der Waals surface area (Å²) in [6, 6.07) is 27.1. The lowest BCUT2D eigenvalue weighted by Gasteiger charge is -2.39. The van der Waals surface area contributed by atoms with Crippen molar-refractivity contribution in [3.8, 4) is 46.0 Å². The molecule has 20 heteroatoms. The fourth-order valence-electron chi connectivity index (χ4n) is 14.9. The number of piperidine rings is 1. The monoisotopic (exact) mass is 1160 g/mol. The summed E-state index contributed by atoms with van der Waals surface area (Å²) < 4.78 is 45.8. The summed E-state index contributed by atoms with van der Waals surface area (Å²) in [6.45, 7) is 7.77. The molecule has 0 bridgehead atoms. The van der Waals surface area contributed by atoms with Gasteiger partial charge in [0, 0.05) is 67.4 Å². The van der Waals surface area contributed by atoms with E-state index in [4.69, 9.17) is 14.5 Å². The van der Waals surface area contributed by atoms with Gasteiger partial charge in [-0.2, -0.15) is 19.9 Å². The van der Waals surface area contributed by atoms with E-state index in [2.05, 4.69) is 55.6 Å². The minimum Gasteiger partial charge on any atom is -0.508 e. The topological polar surface area (TPSA) is 216 Å². The second-order valence-corrected chi connectivity index (χ2v) is 24.5. The summed E-state index contributed by atoms with van der Waals surface area (Å²) >= 11 is 0. The standard InChI is InChI=1S/C33H29FN6O3.C33H35FN6O3/c34-27-28(25-15-22(41)13-19-5-1-2-6-23(19)25)35-17-26-29(27)38-32(43-18-33-9-3-11-40(33)12-4-10-33)39-30(26)37-21-8-7-20-16-36-31(42)24(20)14-21;34-27-28(24-16-22(41)15-21-5-1-2-6-23(21)24)35-18-25-29(27)37-31(43-20-33-7-3-11-40(33)12-4-8-33)38-30(25)39-13-9-32(10-14-39)17-26(42)36-19-32/h1-2,5-8,13-15,17,41H,3-4,9-12,16,18H2,(H,36,42)(H,37,38,39);1-2,5-6,15-16,18,41H,3-4,7-14,17,19-20H2,(H,36,42). The van der Waals surface area contributed by atoms with Crippen molar-refractivity contribution in [1.82, 2.24) is 50.3 Å². The largest absolute Gasteiger partial charge is 0.508 e. The Morgan fingerprint density at radius 1 is 0.581 bits per heavy atom. The van der Waals surface area contributed by atoms with E-state index in [1.165, 1.54) is 12.3 Å². The third kappa shape index (κ3) is 9.53. The molecule has 86 heavy (non-hydrogen) atoms. The van der Waals surface area contributed by atoms with E-state index < -0.39 is 11.6 Å². The normalized spacial score (nSPS) is 19.2. The molecule has 4 aromatic heterocycles. The highest BCUT2D eigenvalue weighted by Gasteiger charge is 2.47. The Kier molecular flexibility index (Phi) is 13.3. The number of rotatable bonds is 11. The number of phenols is 2. The zero-order chi connectivity index (χ0) is 58.3. The van der Waals surface area contributed by atoms with E-state index in [0.717, 1.165) is 117 Å². The predicted molar refractivity (Wildman–Crippen MR) is 323 cm³/mol. The van der Waals surface area contributed by atoms with E-state index in [0.29, 0.717) is 90.6 Å². The summed E-state index contributed by atoms with van der Waals surface area (Å²) in [4.78, 5) is 59.4. The van der Waals surface area contributed by atoms with Gasteiger partial charge in [0.25, 0.3) is 5.91 Å². The minimum atomic E-state index is -0.640. The average Bonchev–Trinajstić information content (AvgIpc) is 1.55. The molecular weight excluding hydrogens is 1090 g/mol. The zero-order valence-electron chi connectivity index (χ0n) is 47.5. The quantitative estimate of drug-likeness (QED) is 0.0814. The fraction of sp³-hybridized carbons (Fsp3) is 0.364. The third-order valence-corrected chi connectivity index (χ3v) is 19.4. The van der Waals surface area contributed by atoms with Crippen molar-refractivity contribution < 1.29 is 38.1 Å². The van der Waals surface area contributed by atoms with Gasteiger partial charge < -0.3 is 40.5 Å². The number of nitrogens with one attached hydrogen (secondary N) is 3. The SMILES string of the molecule is O=C1CC2(CCN(c3nc(OCC45CCCN4CCC5)nc4c(F)c(-c5cc(O)cc6ccccc56)ncc34)CC2)CN1.O=C1NCc2ccc(Nc3nc(OCC45CCCN4CCC5)nc4c(F)c(-c5cc(O)cc6ccccc56)ncc34)cc21. The summed E-state index contributed by atoms with van der Waals surface area (Å²) in [5.74, 6) is -0.240. The number of hydrogen-bond donors (Lipinski definition) is 5. The molecule has 438 valence electrons. The van der Waals surface area contributed by atoms with Crippen LogP contribution in [0, 0.1) is 17.0 Å². The summed E-state index contributed by atoms with van der Waals surface area (Å²) in [6.07, 6.45) is 14.2. The van der Waals surface area contributed by atoms with Gasteiger partial charge in [0.05, 0.1) is 21.9 Å². The maximum absolute atomic E-state index is 16.6. The van der Waals surface area contributed by atoms with Crippen LogP contribution in [0.4, 0.5) is 26.1 Å². The van der Waals surface area contributed by atoms with E-state index >= 15 is 8.78 Å². The number of benzene rings is 5. The van der Waals surface area contributed by atoms with Crippen molar-refractivity contribution in [2.75, 3.05) is 69.2 Å². The van der Waals surface area contributed by atoms with Crippen LogP contribution in [0.1, 0.15) is 86.6 Å². The first-order valence-corrected chi connectivity index (χ1v) is 30.0. The molecule has 0 unspecified atom stereocenters. The van der Waals surface area contributed by atoms with Crippen LogP contribution < -0.4 is 30.3 Å². The average molecular weight is 1160 g/mol. The van der Waals surface area contributed by atoms with Gasteiger partial charge in [-0.3, -0.25) is 29.4 Å². The molecule has 0 atom stereocenters. The molecule has 7 aliphatic rings. The Labute approximate surface area is 494 Å². The van der Waals surface area contributed by atoms with E-state index in [1.807, 2.05) is 60.7 Å². The Balaban J connectivity index is 0.000000145. The first kappa shape index (κ1) is 53.8. The van der Waals surface area contributed by atoms with Crippen LogP contribution in [0.3, 0.4) is 0 Å². The fourth-order valence-corrected chi connectivity index (χ4v) is 14.9. The van der Waals surface area contributed by atoms with E-state index in [1.54, 1.807) is 30.5 Å². The number of pyridine rings is 2. The molecular formula is C66H64F2N12O6. The van der Waals surface area contributed by atoms with Crippen molar-refractivity contribution >= 4 is 72.5 Å². The number of halogens is 2. The molecule has 5 aromatic carbocycles. The van der Waals surface area contributed by atoms with Crippen molar-refractivity contribution in [2.24, 2.45) is 5.41 Å². The molecule has 2 amide bonds. The molecule has 1 spiro atoms. The van der Waals surface area contributed by atoms with Gasteiger partial charge in [-0.05, 0) is 159 Å². The number of hydrogen-bond acceptors (Lipinski definition) is 16. The third-order valence-electron chi connectivity index (χ3n) is 19.4.